The van der Waals surface area contributed by atoms with Gasteiger partial charge in [0, 0.05) is 6.54 Å². The van der Waals surface area contributed by atoms with Crippen molar-refractivity contribution in [1.29, 1.82) is 0 Å². The minimum absolute atomic E-state index is 0.186. The summed E-state index contributed by atoms with van der Waals surface area (Å²) in [6, 6.07) is -0.352. The predicted molar refractivity (Wildman–Crippen MR) is 64.5 cm³/mol. The summed E-state index contributed by atoms with van der Waals surface area (Å²) in [5.74, 6) is -0.186. The van der Waals surface area contributed by atoms with Crippen molar-refractivity contribution in [3.63, 3.8) is 0 Å². The molecule has 1 heterocycles. The van der Waals surface area contributed by atoms with Gasteiger partial charge >= 0.3 is 6.03 Å². The first-order valence-electron chi connectivity index (χ1n) is 6.06. The Morgan fingerprint density at radius 1 is 1.41 bits per heavy atom. The van der Waals surface area contributed by atoms with Crippen LogP contribution in [0, 0.1) is 0 Å². The molecule has 0 aromatic heterocycles. The van der Waals surface area contributed by atoms with Crippen LogP contribution in [0.4, 0.5) is 4.79 Å². The number of urea groups is 1. The molecule has 0 saturated carbocycles. The van der Waals surface area contributed by atoms with E-state index in [0.717, 1.165) is 6.42 Å². The SMILES string of the molecule is CCC[C@@]1(C)NC(=O)N(CCC(C)(C)O)C1=O. The Morgan fingerprint density at radius 2 is 2.00 bits per heavy atom. The molecule has 0 bridgehead atoms. The van der Waals surface area contributed by atoms with E-state index in [4.69, 9.17) is 0 Å². The number of carbonyl (C=O) groups excluding carboxylic acids is 2. The van der Waals surface area contributed by atoms with Crippen molar-refractivity contribution < 1.29 is 14.7 Å². The summed E-state index contributed by atoms with van der Waals surface area (Å²) in [5.41, 5.74) is -1.64. The number of nitrogens with zero attached hydrogens (tertiary/aromatic N) is 1. The second-order valence-electron chi connectivity index (χ2n) is 5.53. The third kappa shape index (κ3) is 3.19. The molecule has 0 aromatic carbocycles. The maximum absolute atomic E-state index is 12.1. The lowest BCUT2D eigenvalue weighted by Gasteiger charge is -2.23. The van der Waals surface area contributed by atoms with Gasteiger partial charge in [-0.25, -0.2) is 4.79 Å². The monoisotopic (exact) mass is 242 g/mol. The number of hydrogen-bond donors (Lipinski definition) is 2. The van der Waals surface area contributed by atoms with Crippen molar-refractivity contribution in [2.75, 3.05) is 6.54 Å². The van der Waals surface area contributed by atoms with Crippen LogP contribution in [0.2, 0.25) is 0 Å². The number of imide groups is 1. The van der Waals surface area contributed by atoms with Crippen molar-refractivity contribution in [1.82, 2.24) is 10.2 Å². The van der Waals surface area contributed by atoms with E-state index in [9.17, 15) is 14.7 Å². The van der Waals surface area contributed by atoms with Gasteiger partial charge in [0.2, 0.25) is 0 Å². The molecular formula is C12H22N2O3. The maximum Gasteiger partial charge on any atom is 0.325 e. The molecule has 0 unspecified atom stereocenters. The summed E-state index contributed by atoms with van der Waals surface area (Å²) in [5, 5.41) is 12.3. The normalized spacial score (nSPS) is 25.4. The summed E-state index contributed by atoms with van der Waals surface area (Å²) < 4.78 is 0. The van der Waals surface area contributed by atoms with Crippen LogP contribution in [0.5, 0.6) is 0 Å². The highest BCUT2D eigenvalue weighted by Gasteiger charge is 2.46. The molecule has 0 aromatic rings. The largest absolute Gasteiger partial charge is 0.390 e. The zero-order valence-electron chi connectivity index (χ0n) is 11.0. The highest BCUT2D eigenvalue weighted by molar-refractivity contribution is 6.06. The fourth-order valence-corrected chi connectivity index (χ4v) is 2.00. The first-order valence-corrected chi connectivity index (χ1v) is 6.06. The van der Waals surface area contributed by atoms with Crippen LogP contribution in [0.3, 0.4) is 0 Å². The van der Waals surface area contributed by atoms with E-state index in [1.807, 2.05) is 6.92 Å². The van der Waals surface area contributed by atoms with Gasteiger partial charge in [-0.3, -0.25) is 9.69 Å². The molecule has 3 amide bonds. The van der Waals surface area contributed by atoms with Gasteiger partial charge in [-0.05, 0) is 33.6 Å². The van der Waals surface area contributed by atoms with E-state index in [2.05, 4.69) is 5.32 Å². The number of rotatable bonds is 5. The van der Waals surface area contributed by atoms with Crippen molar-refractivity contribution in [2.24, 2.45) is 0 Å². The minimum Gasteiger partial charge on any atom is -0.390 e. The summed E-state index contributed by atoms with van der Waals surface area (Å²) in [4.78, 5) is 25.0. The second kappa shape index (κ2) is 4.64. The van der Waals surface area contributed by atoms with Crippen LogP contribution in [0.15, 0.2) is 0 Å². The first kappa shape index (κ1) is 14.0. The van der Waals surface area contributed by atoms with Crippen LogP contribution < -0.4 is 5.32 Å². The average Bonchev–Trinajstić information content (AvgIpc) is 2.35. The smallest absolute Gasteiger partial charge is 0.325 e. The first-order chi connectivity index (χ1) is 7.69. The van der Waals surface area contributed by atoms with Crippen LogP contribution in [-0.4, -0.2) is 39.6 Å². The Balaban J connectivity index is 2.69. The van der Waals surface area contributed by atoms with Crippen LogP contribution in [-0.2, 0) is 4.79 Å². The van der Waals surface area contributed by atoms with Gasteiger partial charge in [-0.1, -0.05) is 13.3 Å². The highest BCUT2D eigenvalue weighted by atomic mass is 16.3. The third-order valence-corrected chi connectivity index (χ3v) is 3.04. The van der Waals surface area contributed by atoms with Crippen molar-refractivity contribution in [3.05, 3.63) is 0 Å². The zero-order chi connectivity index (χ0) is 13.3. The van der Waals surface area contributed by atoms with Gasteiger partial charge < -0.3 is 10.4 Å². The summed E-state index contributed by atoms with van der Waals surface area (Å²) in [7, 11) is 0. The van der Waals surface area contributed by atoms with E-state index in [1.54, 1.807) is 20.8 Å². The van der Waals surface area contributed by atoms with E-state index < -0.39 is 11.1 Å². The van der Waals surface area contributed by atoms with Gasteiger partial charge in [-0.15, -0.1) is 0 Å². The molecule has 1 atom stereocenters. The van der Waals surface area contributed by atoms with Gasteiger partial charge in [0.15, 0.2) is 0 Å². The lowest BCUT2D eigenvalue weighted by atomic mass is 9.96. The maximum atomic E-state index is 12.1. The van der Waals surface area contributed by atoms with E-state index >= 15 is 0 Å². The molecule has 1 saturated heterocycles. The molecular weight excluding hydrogens is 220 g/mol. The Kier molecular flexibility index (Phi) is 3.81. The molecule has 17 heavy (non-hydrogen) atoms. The van der Waals surface area contributed by atoms with Crippen LogP contribution in [0.1, 0.15) is 47.0 Å². The van der Waals surface area contributed by atoms with E-state index in [-0.39, 0.29) is 18.5 Å². The topological polar surface area (TPSA) is 69.6 Å². The molecule has 5 nitrogen and oxygen atoms in total. The van der Waals surface area contributed by atoms with E-state index in [1.165, 1.54) is 4.90 Å². The van der Waals surface area contributed by atoms with Crippen molar-refractivity contribution >= 4 is 11.9 Å². The number of aliphatic hydroxyl groups is 1. The zero-order valence-corrected chi connectivity index (χ0v) is 11.0. The molecule has 0 aliphatic carbocycles. The number of nitrogens with one attached hydrogen (secondary N) is 1. The number of hydrogen-bond acceptors (Lipinski definition) is 3. The molecule has 98 valence electrons. The minimum atomic E-state index is -0.871. The van der Waals surface area contributed by atoms with Crippen molar-refractivity contribution in [2.45, 2.75) is 58.1 Å². The third-order valence-electron chi connectivity index (χ3n) is 3.04. The molecule has 1 fully saturated rings. The van der Waals surface area contributed by atoms with E-state index in [0.29, 0.717) is 12.8 Å². The van der Waals surface area contributed by atoms with Crippen LogP contribution in [0.25, 0.3) is 0 Å². The lowest BCUT2D eigenvalue weighted by molar-refractivity contribution is -0.131. The highest BCUT2D eigenvalue weighted by Crippen LogP contribution is 2.23. The fourth-order valence-electron chi connectivity index (χ4n) is 2.00. The molecule has 1 rings (SSSR count). The van der Waals surface area contributed by atoms with Gasteiger partial charge in [-0.2, -0.15) is 0 Å². The Hall–Kier alpha value is -1.10. The predicted octanol–water partition coefficient (Wildman–Crippen LogP) is 1.26. The molecule has 2 N–H and O–H groups in total. The Morgan fingerprint density at radius 3 is 2.47 bits per heavy atom. The van der Waals surface area contributed by atoms with Gasteiger partial charge in [0.05, 0.1) is 5.60 Å². The standard InChI is InChI=1S/C12H22N2O3/c1-5-6-12(4)9(15)14(10(16)13-12)8-7-11(2,3)17/h17H,5-8H2,1-4H3,(H,13,16)/t12-/m1/s1. The molecule has 5 heteroatoms. The Labute approximate surface area is 102 Å². The van der Waals surface area contributed by atoms with Crippen molar-refractivity contribution in [3.8, 4) is 0 Å². The van der Waals surface area contributed by atoms with Gasteiger partial charge in [0.25, 0.3) is 5.91 Å². The lowest BCUT2D eigenvalue weighted by Crippen LogP contribution is -2.44. The summed E-state index contributed by atoms with van der Waals surface area (Å²) >= 11 is 0. The Bertz CT molecular complexity index is 322. The number of amides is 3. The quantitative estimate of drug-likeness (QED) is 0.713. The average molecular weight is 242 g/mol. The summed E-state index contributed by atoms with van der Waals surface area (Å²) in [6.07, 6.45) is 1.85. The summed E-state index contributed by atoms with van der Waals surface area (Å²) in [6.45, 7) is 7.31. The fraction of sp³-hybridized carbons (Fsp3) is 0.833. The molecule has 1 aliphatic heterocycles. The molecule has 0 spiro atoms. The second-order valence-corrected chi connectivity index (χ2v) is 5.53. The number of carbonyl (C=O) groups is 2. The molecule has 1 aliphatic rings. The van der Waals surface area contributed by atoms with Gasteiger partial charge in [0.1, 0.15) is 5.54 Å². The van der Waals surface area contributed by atoms with Crippen LogP contribution >= 0.6 is 0 Å². The molecule has 0 radical (unpaired) electrons.